The van der Waals surface area contributed by atoms with Crippen molar-refractivity contribution in [2.75, 3.05) is 6.61 Å². The molecule has 12 heavy (non-hydrogen) atoms. The van der Waals surface area contributed by atoms with E-state index in [1.54, 1.807) is 0 Å². The summed E-state index contributed by atoms with van der Waals surface area (Å²) in [5.41, 5.74) is 0. The van der Waals surface area contributed by atoms with Crippen LogP contribution in [0.1, 0.15) is 12.8 Å². The van der Waals surface area contributed by atoms with Crippen molar-refractivity contribution in [3.8, 4) is 0 Å². The molecule has 0 aromatic rings. The molecule has 2 unspecified atom stereocenters. The zero-order valence-electron chi connectivity index (χ0n) is 6.90. The van der Waals surface area contributed by atoms with E-state index in [9.17, 15) is 0 Å². The quantitative estimate of drug-likeness (QED) is 0.492. The van der Waals surface area contributed by atoms with Gasteiger partial charge in [0.05, 0.1) is 0 Å². The first-order valence-electron chi connectivity index (χ1n) is 4.60. The van der Waals surface area contributed by atoms with Crippen molar-refractivity contribution < 1.29 is 4.74 Å². The molecule has 0 saturated carbocycles. The third kappa shape index (κ3) is 0.982. The van der Waals surface area contributed by atoms with Crippen LogP contribution in [0.25, 0.3) is 0 Å². The number of hydrogen-bond acceptors (Lipinski definition) is 1. The van der Waals surface area contributed by atoms with E-state index in [1.807, 2.05) is 0 Å². The second-order valence-corrected chi connectivity index (χ2v) is 6.53. The summed E-state index contributed by atoms with van der Waals surface area (Å²) in [7, 11) is 0. The van der Waals surface area contributed by atoms with E-state index in [0.717, 1.165) is 43.5 Å². The van der Waals surface area contributed by atoms with Gasteiger partial charge in [0.2, 0.25) is 0 Å². The first kappa shape index (κ1) is 7.23. The molecular weight excluding hydrogens is 215 g/mol. The fraction of sp³-hybridized carbons (Fsp3) is 0.600. The van der Waals surface area contributed by atoms with Gasteiger partial charge in [-0.15, -0.1) is 0 Å². The molecule has 1 nitrogen and oxygen atoms in total. The predicted molar refractivity (Wildman–Crippen MR) is 49.2 cm³/mol. The van der Waals surface area contributed by atoms with E-state index in [-0.39, 0.29) is 0 Å². The van der Waals surface area contributed by atoms with Gasteiger partial charge in [-0.2, -0.15) is 0 Å². The Balaban J connectivity index is 1.82. The van der Waals surface area contributed by atoms with E-state index in [0.29, 0.717) is 0 Å². The molecule has 3 atom stereocenters. The molecule has 0 aromatic carbocycles. The first-order chi connectivity index (χ1) is 5.93. The van der Waals surface area contributed by atoms with Crippen molar-refractivity contribution in [3.05, 3.63) is 24.0 Å². The molecule has 3 aliphatic rings. The van der Waals surface area contributed by atoms with Gasteiger partial charge in [0.25, 0.3) is 0 Å². The molecule has 0 radical (unpaired) electrons. The zero-order valence-corrected chi connectivity index (χ0v) is 8.61. The summed E-state index contributed by atoms with van der Waals surface area (Å²) in [6.07, 6.45) is 9.68. The standard InChI is InChI=1S/C10H12OSe/c1-2-9(11-5-1)10-7-3-4-8(6-7)12-10/h2-4,7-8,10H,1,5-6H2/t7?,8?,10-/m1/s1. The molecular formula is C10H12OSe. The summed E-state index contributed by atoms with van der Waals surface area (Å²) in [4.78, 5) is 1.73. The van der Waals surface area contributed by atoms with Crippen molar-refractivity contribution in [1.29, 1.82) is 0 Å². The van der Waals surface area contributed by atoms with Crippen molar-refractivity contribution in [2.45, 2.75) is 22.5 Å². The Morgan fingerprint density at radius 2 is 2.42 bits per heavy atom. The molecule has 1 saturated heterocycles. The van der Waals surface area contributed by atoms with Gasteiger partial charge in [-0.05, 0) is 0 Å². The van der Waals surface area contributed by atoms with Crippen LogP contribution >= 0.6 is 0 Å². The van der Waals surface area contributed by atoms with Crippen molar-refractivity contribution in [3.63, 3.8) is 0 Å². The summed E-state index contributed by atoms with van der Waals surface area (Å²) in [6, 6.07) is 0. The van der Waals surface area contributed by atoms with Gasteiger partial charge in [0.1, 0.15) is 0 Å². The van der Waals surface area contributed by atoms with Gasteiger partial charge < -0.3 is 0 Å². The van der Waals surface area contributed by atoms with E-state index in [2.05, 4.69) is 18.2 Å². The number of allylic oxidation sites excluding steroid dienone is 3. The molecule has 1 aliphatic carbocycles. The summed E-state index contributed by atoms with van der Waals surface area (Å²) in [6.45, 7) is 0.934. The second-order valence-electron chi connectivity index (χ2n) is 3.62. The number of fused-ring (bicyclic) bond motifs is 2. The summed E-state index contributed by atoms with van der Waals surface area (Å²) in [5, 5.41) is 0. The van der Waals surface area contributed by atoms with Gasteiger partial charge in [0, 0.05) is 0 Å². The van der Waals surface area contributed by atoms with E-state index in [4.69, 9.17) is 4.74 Å². The third-order valence-corrected chi connectivity index (χ3v) is 6.10. The SMILES string of the molecule is C1=CC2CC1[Se][C@H]2C1=CCCO1. The molecule has 64 valence electrons. The summed E-state index contributed by atoms with van der Waals surface area (Å²) < 4.78 is 5.63. The van der Waals surface area contributed by atoms with E-state index in [1.165, 1.54) is 12.2 Å². The van der Waals surface area contributed by atoms with Crippen molar-refractivity contribution >= 4 is 15.0 Å². The van der Waals surface area contributed by atoms with Gasteiger partial charge >= 0.3 is 78.7 Å². The number of hydrogen-bond donors (Lipinski definition) is 0. The van der Waals surface area contributed by atoms with Crippen LogP contribution in [0, 0.1) is 5.92 Å². The normalized spacial score (nSPS) is 43.3. The van der Waals surface area contributed by atoms with Crippen LogP contribution in [0.2, 0.25) is 9.63 Å². The molecule has 2 aliphatic heterocycles. The van der Waals surface area contributed by atoms with Crippen molar-refractivity contribution in [1.82, 2.24) is 0 Å². The minimum absolute atomic E-state index is 0.787. The monoisotopic (exact) mass is 228 g/mol. The minimum atomic E-state index is 0.787. The molecule has 2 heterocycles. The Kier molecular flexibility index (Phi) is 1.59. The molecule has 0 spiro atoms. The fourth-order valence-electron chi connectivity index (χ4n) is 2.22. The van der Waals surface area contributed by atoms with Crippen LogP contribution in [0.15, 0.2) is 24.0 Å². The van der Waals surface area contributed by atoms with Crippen LogP contribution in [0.5, 0.6) is 0 Å². The molecule has 1 fully saturated rings. The maximum atomic E-state index is 5.63. The second kappa shape index (κ2) is 2.65. The molecule has 0 N–H and O–H groups in total. The third-order valence-electron chi connectivity index (χ3n) is 2.80. The van der Waals surface area contributed by atoms with Crippen LogP contribution in [-0.4, -0.2) is 21.6 Å². The topological polar surface area (TPSA) is 9.23 Å². The van der Waals surface area contributed by atoms with Crippen LogP contribution in [0.3, 0.4) is 0 Å². The average molecular weight is 227 g/mol. The Hall–Kier alpha value is -0.201. The van der Waals surface area contributed by atoms with Gasteiger partial charge in [-0.25, -0.2) is 0 Å². The molecule has 2 bridgehead atoms. The summed E-state index contributed by atoms with van der Waals surface area (Å²) >= 11 is 0.787. The van der Waals surface area contributed by atoms with Gasteiger partial charge in [-0.1, -0.05) is 0 Å². The van der Waals surface area contributed by atoms with Crippen molar-refractivity contribution in [2.24, 2.45) is 5.92 Å². The maximum absolute atomic E-state index is 5.63. The Bertz CT molecular complexity index is 257. The predicted octanol–water partition coefficient (Wildman–Crippen LogP) is 2.16. The molecule has 0 amide bonds. The first-order valence-corrected chi connectivity index (χ1v) is 6.58. The molecule has 2 heteroatoms. The van der Waals surface area contributed by atoms with Crippen LogP contribution in [-0.2, 0) is 4.74 Å². The van der Waals surface area contributed by atoms with E-state index < -0.39 is 0 Å². The number of ether oxygens (including phenoxy) is 1. The average Bonchev–Trinajstić information content (AvgIpc) is 2.81. The Morgan fingerprint density at radius 1 is 1.42 bits per heavy atom. The van der Waals surface area contributed by atoms with Crippen LogP contribution < -0.4 is 0 Å². The van der Waals surface area contributed by atoms with Crippen LogP contribution in [0.4, 0.5) is 0 Å². The summed E-state index contributed by atoms with van der Waals surface area (Å²) in [5.74, 6) is 2.16. The van der Waals surface area contributed by atoms with Gasteiger partial charge in [0.15, 0.2) is 0 Å². The Morgan fingerprint density at radius 3 is 3.00 bits per heavy atom. The van der Waals surface area contributed by atoms with E-state index >= 15 is 0 Å². The molecule has 0 aromatic heterocycles. The zero-order chi connectivity index (χ0) is 7.97. The fourth-order valence-corrected chi connectivity index (χ4v) is 5.56. The molecule has 3 rings (SSSR count). The Labute approximate surface area is 79.0 Å². The number of rotatable bonds is 1. The van der Waals surface area contributed by atoms with Gasteiger partial charge in [-0.3, -0.25) is 0 Å².